The van der Waals surface area contributed by atoms with Gasteiger partial charge in [-0.3, -0.25) is 4.79 Å². The van der Waals surface area contributed by atoms with Gasteiger partial charge in [-0.1, -0.05) is 6.92 Å². The van der Waals surface area contributed by atoms with Crippen LogP contribution in [0.1, 0.15) is 36.2 Å². The number of hydrogen-bond donors (Lipinski definition) is 1. The second-order valence-corrected chi connectivity index (χ2v) is 5.98. The van der Waals surface area contributed by atoms with Crippen molar-refractivity contribution in [1.82, 2.24) is 4.72 Å². The van der Waals surface area contributed by atoms with E-state index in [0.717, 1.165) is 0 Å². The van der Waals surface area contributed by atoms with E-state index < -0.39 is 21.2 Å². The van der Waals surface area contributed by atoms with E-state index in [2.05, 4.69) is 0 Å². The van der Waals surface area contributed by atoms with Gasteiger partial charge < -0.3 is 0 Å². The van der Waals surface area contributed by atoms with Gasteiger partial charge in [-0.05, 0) is 37.6 Å². The minimum absolute atomic E-state index is 0.209. The Labute approximate surface area is 106 Å². The summed E-state index contributed by atoms with van der Waals surface area (Å²) >= 11 is 0. The highest BCUT2D eigenvalue weighted by atomic mass is 32.2. The molecular formula is C12H14N2O3S. The largest absolute Gasteiger partial charge is 0.268 e. The first-order chi connectivity index (χ1) is 8.40. The lowest BCUT2D eigenvalue weighted by Gasteiger charge is -2.11. The molecule has 1 aromatic carbocycles. The number of nitrogens with one attached hydrogen (secondary N) is 1. The molecule has 96 valence electrons. The molecule has 6 heteroatoms. The van der Waals surface area contributed by atoms with E-state index in [1.54, 1.807) is 6.92 Å². The highest BCUT2D eigenvalue weighted by Crippen LogP contribution is 2.07. The van der Waals surface area contributed by atoms with Gasteiger partial charge in [0.15, 0.2) is 0 Å². The Kier molecular flexibility index (Phi) is 4.45. The SMILES string of the molecule is CC[C@H](C)S(=O)(=O)NC(=O)c1ccc(C#N)cc1. The standard InChI is InChI=1S/C12H14N2O3S/c1-3-9(2)18(16,17)14-12(15)11-6-4-10(8-13)5-7-11/h4-7,9H,3H2,1-2H3,(H,14,15)/t9-/m0/s1. The number of carbonyl (C=O) groups excluding carboxylic acids is 1. The molecule has 0 bridgehead atoms. The lowest BCUT2D eigenvalue weighted by Crippen LogP contribution is -2.36. The molecule has 1 atom stereocenters. The van der Waals surface area contributed by atoms with Crippen LogP contribution in [0.25, 0.3) is 0 Å². The summed E-state index contributed by atoms with van der Waals surface area (Å²) in [6.45, 7) is 3.27. The van der Waals surface area contributed by atoms with Crippen LogP contribution in [0.3, 0.4) is 0 Å². The zero-order chi connectivity index (χ0) is 13.8. The van der Waals surface area contributed by atoms with Crippen molar-refractivity contribution in [2.24, 2.45) is 0 Å². The van der Waals surface area contributed by atoms with Crippen LogP contribution in [0.4, 0.5) is 0 Å². The highest BCUT2D eigenvalue weighted by molar-refractivity contribution is 7.90. The van der Waals surface area contributed by atoms with Crippen molar-refractivity contribution in [2.75, 3.05) is 0 Å². The Morgan fingerprint density at radius 3 is 2.39 bits per heavy atom. The summed E-state index contributed by atoms with van der Waals surface area (Å²) in [5, 5.41) is 7.99. The molecule has 1 amide bonds. The first-order valence-electron chi connectivity index (χ1n) is 5.46. The fourth-order valence-corrected chi connectivity index (χ4v) is 2.22. The molecule has 0 aliphatic carbocycles. The van der Waals surface area contributed by atoms with Crippen molar-refractivity contribution in [2.45, 2.75) is 25.5 Å². The van der Waals surface area contributed by atoms with E-state index in [9.17, 15) is 13.2 Å². The number of nitriles is 1. The second kappa shape index (κ2) is 5.65. The topological polar surface area (TPSA) is 87.0 Å². The molecule has 0 heterocycles. The zero-order valence-electron chi connectivity index (χ0n) is 10.2. The predicted octanol–water partition coefficient (Wildman–Crippen LogP) is 1.42. The highest BCUT2D eigenvalue weighted by Gasteiger charge is 2.21. The fourth-order valence-electron chi connectivity index (χ4n) is 1.20. The summed E-state index contributed by atoms with van der Waals surface area (Å²) in [4.78, 5) is 11.7. The molecule has 0 saturated carbocycles. The van der Waals surface area contributed by atoms with Gasteiger partial charge in [-0.15, -0.1) is 0 Å². The number of benzene rings is 1. The molecule has 0 aromatic heterocycles. The zero-order valence-corrected chi connectivity index (χ0v) is 11.0. The molecule has 0 radical (unpaired) electrons. The van der Waals surface area contributed by atoms with E-state index >= 15 is 0 Å². The number of hydrogen-bond acceptors (Lipinski definition) is 4. The molecule has 1 N–H and O–H groups in total. The quantitative estimate of drug-likeness (QED) is 0.892. The smallest absolute Gasteiger partial charge is 0.264 e. The minimum atomic E-state index is -3.64. The van der Waals surface area contributed by atoms with Gasteiger partial charge in [0.05, 0.1) is 16.9 Å². The van der Waals surface area contributed by atoms with Crippen molar-refractivity contribution in [1.29, 1.82) is 5.26 Å². The van der Waals surface area contributed by atoms with Crippen molar-refractivity contribution >= 4 is 15.9 Å². The molecule has 0 aliphatic rings. The van der Waals surface area contributed by atoms with Gasteiger partial charge >= 0.3 is 0 Å². The van der Waals surface area contributed by atoms with Crippen molar-refractivity contribution in [3.63, 3.8) is 0 Å². The van der Waals surface area contributed by atoms with E-state index in [0.29, 0.717) is 12.0 Å². The third-order valence-electron chi connectivity index (χ3n) is 2.62. The normalized spacial score (nSPS) is 12.5. The molecule has 0 saturated heterocycles. The Balaban J connectivity index is 2.86. The van der Waals surface area contributed by atoms with Crippen molar-refractivity contribution in [3.8, 4) is 6.07 Å². The average Bonchev–Trinajstić information content (AvgIpc) is 2.37. The average molecular weight is 266 g/mol. The Bertz CT molecular complexity index is 570. The molecule has 0 spiro atoms. The molecule has 1 rings (SSSR count). The number of rotatable bonds is 4. The third kappa shape index (κ3) is 3.31. The Morgan fingerprint density at radius 1 is 1.39 bits per heavy atom. The number of carbonyl (C=O) groups is 1. The maximum atomic E-state index is 11.7. The van der Waals surface area contributed by atoms with E-state index in [1.165, 1.54) is 31.2 Å². The molecule has 0 unspecified atom stereocenters. The van der Waals surface area contributed by atoms with Gasteiger partial charge in [0.2, 0.25) is 10.0 Å². The second-order valence-electron chi connectivity index (χ2n) is 3.88. The van der Waals surface area contributed by atoms with Crippen LogP contribution in [0.2, 0.25) is 0 Å². The lowest BCUT2D eigenvalue weighted by atomic mass is 10.1. The van der Waals surface area contributed by atoms with E-state index in [1.807, 2.05) is 10.8 Å². The molecule has 0 fully saturated rings. The maximum absolute atomic E-state index is 11.7. The number of amides is 1. The number of sulfonamides is 1. The summed E-state index contributed by atoms with van der Waals surface area (Å²) in [6, 6.07) is 7.68. The molecule has 1 aromatic rings. The molecular weight excluding hydrogens is 252 g/mol. The third-order valence-corrected chi connectivity index (χ3v) is 4.48. The van der Waals surface area contributed by atoms with Crippen LogP contribution in [0.5, 0.6) is 0 Å². The minimum Gasteiger partial charge on any atom is -0.268 e. The van der Waals surface area contributed by atoms with Crippen LogP contribution in [-0.4, -0.2) is 19.6 Å². The van der Waals surface area contributed by atoms with Gasteiger partial charge in [0, 0.05) is 5.56 Å². The van der Waals surface area contributed by atoms with Crippen LogP contribution in [-0.2, 0) is 10.0 Å². The van der Waals surface area contributed by atoms with E-state index in [4.69, 9.17) is 5.26 Å². The van der Waals surface area contributed by atoms with Gasteiger partial charge in [0.1, 0.15) is 0 Å². The molecule has 5 nitrogen and oxygen atoms in total. The van der Waals surface area contributed by atoms with Gasteiger partial charge in [-0.2, -0.15) is 5.26 Å². The van der Waals surface area contributed by atoms with E-state index in [-0.39, 0.29) is 5.56 Å². The summed E-state index contributed by atoms with van der Waals surface area (Å²) in [5.41, 5.74) is 0.622. The first-order valence-corrected chi connectivity index (χ1v) is 7.01. The Hall–Kier alpha value is -1.87. The lowest BCUT2D eigenvalue weighted by molar-refractivity contribution is 0.0981. The number of nitrogens with zero attached hydrogens (tertiary/aromatic N) is 1. The Morgan fingerprint density at radius 2 is 1.94 bits per heavy atom. The fraction of sp³-hybridized carbons (Fsp3) is 0.333. The van der Waals surface area contributed by atoms with Crippen molar-refractivity contribution < 1.29 is 13.2 Å². The first kappa shape index (κ1) is 14.2. The summed E-state index contributed by atoms with van der Waals surface area (Å²) in [5.74, 6) is -0.681. The predicted molar refractivity (Wildman–Crippen MR) is 67.3 cm³/mol. The molecule has 18 heavy (non-hydrogen) atoms. The van der Waals surface area contributed by atoms with Gasteiger partial charge in [0.25, 0.3) is 5.91 Å². The van der Waals surface area contributed by atoms with Crippen molar-refractivity contribution in [3.05, 3.63) is 35.4 Å². The monoisotopic (exact) mass is 266 g/mol. The summed E-state index contributed by atoms with van der Waals surface area (Å²) in [7, 11) is -3.64. The summed E-state index contributed by atoms with van der Waals surface area (Å²) < 4.78 is 25.4. The maximum Gasteiger partial charge on any atom is 0.264 e. The van der Waals surface area contributed by atoms with Crippen LogP contribution in [0, 0.1) is 11.3 Å². The molecule has 0 aliphatic heterocycles. The van der Waals surface area contributed by atoms with Gasteiger partial charge in [-0.25, -0.2) is 13.1 Å². The van der Waals surface area contributed by atoms with Crippen LogP contribution >= 0.6 is 0 Å². The van der Waals surface area contributed by atoms with Crippen LogP contribution < -0.4 is 4.72 Å². The summed E-state index contributed by atoms with van der Waals surface area (Å²) in [6.07, 6.45) is 0.427. The van der Waals surface area contributed by atoms with Crippen LogP contribution in [0.15, 0.2) is 24.3 Å².